The van der Waals surface area contributed by atoms with Gasteiger partial charge in [-0.2, -0.15) is 0 Å². The summed E-state index contributed by atoms with van der Waals surface area (Å²) in [6.45, 7) is 4.63. The molecule has 0 spiro atoms. The monoisotopic (exact) mass is 249 g/mol. The minimum atomic E-state index is 0.679. The molecule has 0 aromatic heterocycles. The van der Waals surface area contributed by atoms with E-state index in [2.05, 4.69) is 30.0 Å². The van der Waals surface area contributed by atoms with Gasteiger partial charge in [0.25, 0.3) is 0 Å². The lowest BCUT2D eigenvalue weighted by Crippen LogP contribution is -2.34. The van der Waals surface area contributed by atoms with Gasteiger partial charge in [0.1, 0.15) is 0 Å². The lowest BCUT2D eigenvalue weighted by Gasteiger charge is -2.32. The first kappa shape index (κ1) is 11.6. The van der Waals surface area contributed by atoms with E-state index < -0.39 is 0 Å². The predicted molar refractivity (Wildman–Crippen MR) is 72.8 cm³/mol. The fourth-order valence-electron chi connectivity index (χ4n) is 2.98. The minimum absolute atomic E-state index is 0.679. The van der Waals surface area contributed by atoms with Gasteiger partial charge in [-0.15, -0.1) is 0 Å². The van der Waals surface area contributed by atoms with Crippen molar-refractivity contribution in [3.05, 3.63) is 34.3 Å². The Morgan fingerprint density at radius 2 is 1.82 bits per heavy atom. The van der Waals surface area contributed by atoms with E-state index in [0.717, 1.165) is 11.1 Å². The van der Waals surface area contributed by atoms with Crippen molar-refractivity contribution >= 4 is 11.6 Å². The Morgan fingerprint density at radius 3 is 2.41 bits per heavy atom. The molecule has 2 fully saturated rings. The molecule has 0 N–H and O–H groups in total. The lowest BCUT2D eigenvalue weighted by atomic mass is 9.89. The fourth-order valence-corrected chi connectivity index (χ4v) is 3.37. The van der Waals surface area contributed by atoms with Gasteiger partial charge in [0.2, 0.25) is 0 Å². The maximum atomic E-state index is 6.36. The third-order valence-electron chi connectivity index (χ3n) is 4.19. The molecule has 2 aliphatic rings. The van der Waals surface area contributed by atoms with Gasteiger partial charge in [-0.25, -0.2) is 0 Å². The average molecular weight is 250 g/mol. The largest absolute Gasteiger partial charge is 0.300 e. The quantitative estimate of drug-likeness (QED) is 0.766. The molecule has 0 amide bonds. The highest BCUT2D eigenvalue weighted by molar-refractivity contribution is 6.31. The topological polar surface area (TPSA) is 3.24 Å². The molecule has 0 atom stereocenters. The summed E-state index contributed by atoms with van der Waals surface area (Å²) < 4.78 is 0. The Bertz CT molecular complexity index is 403. The third kappa shape index (κ3) is 2.51. The van der Waals surface area contributed by atoms with Crippen molar-refractivity contribution < 1.29 is 0 Å². The minimum Gasteiger partial charge on any atom is -0.300 e. The Kier molecular flexibility index (Phi) is 3.14. The van der Waals surface area contributed by atoms with Crippen molar-refractivity contribution in [2.45, 2.75) is 44.6 Å². The molecule has 0 bridgehead atoms. The highest BCUT2D eigenvalue weighted by atomic mass is 35.5. The third-order valence-corrected chi connectivity index (χ3v) is 4.52. The Hall–Kier alpha value is -0.530. The number of piperidine rings is 1. The molecule has 1 aromatic rings. The summed E-state index contributed by atoms with van der Waals surface area (Å²) in [5.74, 6) is 0.679. The summed E-state index contributed by atoms with van der Waals surface area (Å²) >= 11 is 6.36. The van der Waals surface area contributed by atoms with Crippen molar-refractivity contribution in [1.82, 2.24) is 4.90 Å². The van der Waals surface area contributed by atoms with Crippen LogP contribution in [0.5, 0.6) is 0 Å². The predicted octanol–water partition coefficient (Wildman–Crippen LogP) is 3.99. The maximum Gasteiger partial charge on any atom is 0.0443 e. The molecular formula is C15H20ClN. The van der Waals surface area contributed by atoms with Crippen LogP contribution >= 0.6 is 11.6 Å². The molecule has 1 aliphatic carbocycles. The number of aryl methyl sites for hydroxylation is 1. The number of likely N-dealkylation sites (tertiary alicyclic amines) is 1. The van der Waals surface area contributed by atoms with Crippen LogP contribution in [0, 0.1) is 6.92 Å². The summed E-state index contributed by atoms with van der Waals surface area (Å²) in [7, 11) is 0. The van der Waals surface area contributed by atoms with Gasteiger partial charge in [-0.1, -0.05) is 23.7 Å². The molecule has 17 heavy (non-hydrogen) atoms. The molecule has 92 valence electrons. The van der Waals surface area contributed by atoms with Crippen LogP contribution in [0.2, 0.25) is 5.02 Å². The summed E-state index contributed by atoms with van der Waals surface area (Å²) in [5.41, 5.74) is 2.63. The van der Waals surface area contributed by atoms with E-state index in [1.165, 1.54) is 49.9 Å². The van der Waals surface area contributed by atoms with E-state index in [4.69, 9.17) is 11.6 Å². The standard InChI is InChI=1S/C15H20ClN/c1-11-2-5-14(15(16)10-11)12-6-8-17(9-7-12)13-3-4-13/h2,5,10,12-13H,3-4,6-9H2,1H3. The van der Waals surface area contributed by atoms with Gasteiger partial charge < -0.3 is 4.90 Å². The Labute approximate surface area is 109 Å². The molecule has 1 aromatic carbocycles. The number of benzene rings is 1. The van der Waals surface area contributed by atoms with Crippen molar-refractivity contribution in [2.75, 3.05) is 13.1 Å². The highest BCUT2D eigenvalue weighted by Crippen LogP contribution is 2.36. The van der Waals surface area contributed by atoms with Crippen molar-refractivity contribution in [1.29, 1.82) is 0 Å². The number of hydrogen-bond acceptors (Lipinski definition) is 1. The number of rotatable bonds is 2. The van der Waals surface area contributed by atoms with Gasteiger partial charge in [-0.05, 0) is 68.8 Å². The summed E-state index contributed by atoms with van der Waals surface area (Å²) in [6, 6.07) is 7.44. The van der Waals surface area contributed by atoms with Crippen LogP contribution in [0.3, 0.4) is 0 Å². The van der Waals surface area contributed by atoms with Gasteiger partial charge in [0.05, 0.1) is 0 Å². The molecule has 1 heterocycles. The van der Waals surface area contributed by atoms with Gasteiger partial charge >= 0.3 is 0 Å². The van der Waals surface area contributed by atoms with Crippen molar-refractivity contribution in [3.63, 3.8) is 0 Å². The van der Waals surface area contributed by atoms with Crippen molar-refractivity contribution in [2.24, 2.45) is 0 Å². The number of hydrogen-bond donors (Lipinski definition) is 0. The second-order valence-electron chi connectivity index (χ2n) is 5.57. The molecule has 3 rings (SSSR count). The zero-order valence-electron chi connectivity index (χ0n) is 10.5. The van der Waals surface area contributed by atoms with Crippen molar-refractivity contribution in [3.8, 4) is 0 Å². The van der Waals surface area contributed by atoms with Crippen LogP contribution in [0.25, 0.3) is 0 Å². The van der Waals surface area contributed by atoms with Crippen LogP contribution in [0.4, 0.5) is 0 Å². The zero-order valence-corrected chi connectivity index (χ0v) is 11.2. The summed E-state index contributed by atoms with van der Waals surface area (Å²) in [5, 5.41) is 0.967. The molecule has 1 nitrogen and oxygen atoms in total. The van der Waals surface area contributed by atoms with Gasteiger partial charge in [0, 0.05) is 11.1 Å². The van der Waals surface area contributed by atoms with Crippen LogP contribution in [0.1, 0.15) is 42.7 Å². The van der Waals surface area contributed by atoms with E-state index >= 15 is 0 Å². The van der Waals surface area contributed by atoms with Gasteiger partial charge in [0.15, 0.2) is 0 Å². The van der Waals surface area contributed by atoms with E-state index in [-0.39, 0.29) is 0 Å². The smallest absolute Gasteiger partial charge is 0.0443 e. The second-order valence-corrected chi connectivity index (χ2v) is 5.97. The normalized spacial score (nSPS) is 22.9. The Morgan fingerprint density at radius 1 is 1.12 bits per heavy atom. The Balaban J connectivity index is 1.68. The van der Waals surface area contributed by atoms with Crippen LogP contribution < -0.4 is 0 Å². The zero-order chi connectivity index (χ0) is 11.8. The second kappa shape index (κ2) is 4.62. The fraction of sp³-hybridized carbons (Fsp3) is 0.600. The summed E-state index contributed by atoms with van der Waals surface area (Å²) in [4.78, 5) is 2.67. The first-order valence-corrected chi connectivity index (χ1v) is 7.12. The van der Waals surface area contributed by atoms with E-state index in [9.17, 15) is 0 Å². The van der Waals surface area contributed by atoms with Crippen LogP contribution in [-0.4, -0.2) is 24.0 Å². The number of nitrogens with zero attached hydrogens (tertiary/aromatic N) is 1. The van der Waals surface area contributed by atoms with Crippen LogP contribution in [0.15, 0.2) is 18.2 Å². The van der Waals surface area contributed by atoms with E-state index in [1.54, 1.807) is 0 Å². The first-order valence-electron chi connectivity index (χ1n) is 6.74. The summed E-state index contributed by atoms with van der Waals surface area (Å²) in [6.07, 6.45) is 5.41. The van der Waals surface area contributed by atoms with E-state index in [1.807, 2.05) is 0 Å². The maximum absolute atomic E-state index is 6.36. The molecule has 1 saturated carbocycles. The SMILES string of the molecule is Cc1ccc(C2CCN(C3CC3)CC2)c(Cl)c1. The van der Waals surface area contributed by atoms with Gasteiger partial charge in [-0.3, -0.25) is 0 Å². The highest BCUT2D eigenvalue weighted by Gasteiger charge is 2.32. The molecular weight excluding hydrogens is 230 g/mol. The van der Waals surface area contributed by atoms with E-state index in [0.29, 0.717) is 5.92 Å². The molecule has 1 aliphatic heterocycles. The van der Waals surface area contributed by atoms with Crippen LogP contribution in [-0.2, 0) is 0 Å². The molecule has 1 saturated heterocycles. The lowest BCUT2D eigenvalue weighted by molar-refractivity contribution is 0.203. The molecule has 0 radical (unpaired) electrons. The number of halogens is 1. The molecule has 2 heteroatoms. The average Bonchev–Trinajstić information content (AvgIpc) is 3.13. The first-order chi connectivity index (χ1) is 8.24. The molecule has 0 unspecified atom stereocenters.